The van der Waals surface area contributed by atoms with Gasteiger partial charge in [0.1, 0.15) is 11.9 Å². The Balaban J connectivity index is 2.33. The molecule has 7 heteroatoms. The molecule has 0 spiro atoms. The molecule has 0 aliphatic carbocycles. The average molecular weight is 275 g/mol. The Labute approximate surface area is 117 Å². The van der Waals surface area contributed by atoms with Gasteiger partial charge in [0.15, 0.2) is 0 Å². The Morgan fingerprint density at radius 2 is 2.40 bits per heavy atom. The van der Waals surface area contributed by atoms with E-state index in [1.54, 1.807) is 12.1 Å². The largest absolute Gasteiger partial charge is 0.352 e. The van der Waals surface area contributed by atoms with Gasteiger partial charge in [-0.2, -0.15) is 5.26 Å². The molecule has 106 valence electrons. The Hall–Kier alpha value is -2.20. The van der Waals surface area contributed by atoms with Gasteiger partial charge in [0, 0.05) is 25.2 Å². The number of nitrogens with two attached hydrogens (primary N) is 1. The number of piperidine rings is 1. The molecule has 2 atom stereocenters. The fourth-order valence-electron chi connectivity index (χ4n) is 2.61. The fourth-order valence-corrected chi connectivity index (χ4v) is 2.61. The van der Waals surface area contributed by atoms with Gasteiger partial charge < -0.3 is 10.6 Å². The number of pyridine rings is 1. The molecule has 1 saturated heterocycles. The van der Waals surface area contributed by atoms with E-state index < -0.39 is 4.92 Å². The van der Waals surface area contributed by atoms with Crippen LogP contribution in [0.2, 0.25) is 0 Å². The van der Waals surface area contributed by atoms with Crippen molar-refractivity contribution in [2.24, 2.45) is 11.7 Å². The lowest BCUT2D eigenvalue weighted by Crippen LogP contribution is -2.46. The van der Waals surface area contributed by atoms with E-state index in [0.29, 0.717) is 18.3 Å². The van der Waals surface area contributed by atoms with Crippen LogP contribution >= 0.6 is 0 Å². The zero-order valence-corrected chi connectivity index (χ0v) is 11.3. The first-order valence-corrected chi connectivity index (χ1v) is 6.59. The minimum absolute atomic E-state index is 0.151. The number of hydrogen-bond donors (Lipinski definition) is 1. The summed E-state index contributed by atoms with van der Waals surface area (Å²) in [6.07, 6.45) is 1.99. The first-order chi connectivity index (χ1) is 9.56. The van der Waals surface area contributed by atoms with Crippen LogP contribution in [0.3, 0.4) is 0 Å². The van der Waals surface area contributed by atoms with E-state index in [9.17, 15) is 10.1 Å². The third-order valence-electron chi connectivity index (χ3n) is 3.71. The van der Waals surface area contributed by atoms with E-state index in [0.717, 1.165) is 19.4 Å². The number of aromatic nitrogens is 1. The van der Waals surface area contributed by atoms with Crippen molar-refractivity contribution in [3.63, 3.8) is 0 Å². The van der Waals surface area contributed by atoms with Gasteiger partial charge in [-0.3, -0.25) is 10.1 Å². The van der Waals surface area contributed by atoms with E-state index in [1.807, 2.05) is 4.90 Å². The van der Waals surface area contributed by atoms with Gasteiger partial charge in [-0.1, -0.05) is 6.92 Å². The molecule has 0 aromatic carbocycles. The quantitative estimate of drug-likeness (QED) is 0.660. The summed E-state index contributed by atoms with van der Waals surface area (Å²) in [4.78, 5) is 16.4. The Kier molecular flexibility index (Phi) is 4.15. The normalized spacial score (nSPS) is 22.4. The van der Waals surface area contributed by atoms with E-state index >= 15 is 0 Å². The second kappa shape index (κ2) is 5.84. The molecule has 20 heavy (non-hydrogen) atoms. The average Bonchev–Trinajstić information content (AvgIpc) is 2.46. The third kappa shape index (κ3) is 2.70. The van der Waals surface area contributed by atoms with Crippen molar-refractivity contribution in [2.45, 2.75) is 25.8 Å². The predicted molar refractivity (Wildman–Crippen MR) is 74.2 cm³/mol. The zero-order chi connectivity index (χ0) is 14.7. The van der Waals surface area contributed by atoms with Crippen molar-refractivity contribution >= 4 is 11.5 Å². The molecule has 1 aliphatic heterocycles. The van der Waals surface area contributed by atoms with Crippen LogP contribution in [0.5, 0.6) is 0 Å². The fraction of sp³-hybridized carbons (Fsp3) is 0.538. The Bertz CT molecular complexity index is 554. The highest BCUT2D eigenvalue weighted by Crippen LogP contribution is 2.28. The van der Waals surface area contributed by atoms with E-state index in [1.165, 1.54) is 6.07 Å². The van der Waals surface area contributed by atoms with Crippen molar-refractivity contribution in [2.75, 3.05) is 18.0 Å². The minimum Gasteiger partial charge on any atom is -0.352 e. The summed E-state index contributed by atoms with van der Waals surface area (Å²) in [6.45, 7) is 3.49. The molecule has 2 unspecified atom stereocenters. The van der Waals surface area contributed by atoms with Crippen LogP contribution < -0.4 is 10.6 Å². The van der Waals surface area contributed by atoms with Crippen molar-refractivity contribution < 1.29 is 4.92 Å². The Morgan fingerprint density at radius 1 is 1.65 bits per heavy atom. The number of rotatable bonds is 3. The van der Waals surface area contributed by atoms with E-state index in [-0.39, 0.29) is 17.4 Å². The standard InChI is InChI=1S/C13H17N5O2/c1-9-4-5-17(10(6-9)7-14)13-3-2-12(18(19)20)11(8-15)16-13/h2-3,9-10H,4-7,14H2,1H3. The highest BCUT2D eigenvalue weighted by Gasteiger charge is 2.27. The predicted octanol–water partition coefficient (Wildman–Crippen LogP) is 1.43. The van der Waals surface area contributed by atoms with Crippen LogP contribution in [0.4, 0.5) is 11.5 Å². The van der Waals surface area contributed by atoms with Gasteiger partial charge in [0.25, 0.3) is 0 Å². The third-order valence-corrected chi connectivity index (χ3v) is 3.71. The number of anilines is 1. The summed E-state index contributed by atoms with van der Waals surface area (Å²) < 4.78 is 0. The Morgan fingerprint density at radius 3 is 3.00 bits per heavy atom. The van der Waals surface area contributed by atoms with Crippen LogP contribution in [0.25, 0.3) is 0 Å². The summed E-state index contributed by atoms with van der Waals surface area (Å²) in [5.74, 6) is 1.20. The summed E-state index contributed by atoms with van der Waals surface area (Å²) in [5.41, 5.74) is 5.39. The lowest BCUT2D eigenvalue weighted by Gasteiger charge is -2.38. The van der Waals surface area contributed by atoms with Crippen molar-refractivity contribution in [1.29, 1.82) is 5.26 Å². The maximum atomic E-state index is 10.8. The molecule has 2 N–H and O–H groups in total. The summed E-state index contributed by atoms with van der Waals surface area (Å²) >= 11 is 0. The summed E-state index contributed by atoms with van der Waals surface area (Å²) in [6, 6.07) is 4.89. The number of nitriles is 1. The molecule has 1 aliphatic rings. The lowest BCUT2D eigenvalue weighted by atomic mass is 9.92. The van der Waals surface area contributed by atoms with Gasteiger partial charge in [0.2, 0.25) is 5.69 Å². The molecule has 0 saturated carbocycles. The van der Waals surface area contributed by atoms with Crippen molar-refractivity contribution in [1.82, 2.24) is 4.98 Å². The zero-order valence-electron chi connectivity index (χ0n) is 11.3. The number of hydrogen-bond acceptors (Lipinski definition) is 6. The molecule has 0 amide bonds. The van der Waals surface area contributed by atoms with Crippen LogP contribution in [-0.4, -0.2) is 29.0 Å². The van der Waals surface area contributed by atoms with Crippen LogP contribution in [0.15, 0.2) is 12.1 Å². The number of nitro groups is 1. The van der Waals surface area contributed by atoms with Crippen molar-refractivity contribution in [3.05, 3.63) is 27.9 Å². The SMILES string of the molecule is CC1CCN(c2ccc([N+](=O)[O-])c(C#N)n2)C(CN)C1. The summed E-state index contributed by atoms with van der Waals surface area (Å²) in [7, 11) is 0. The molecular formula is C13H17N5O2. The van der Waals surface area contributed by atoms with Crippen LogP contribution in [-0.2, 0) is 0 Å². The van der Waals surface area contributed by atoms with Gasteiger partial charge in [0.05, 0.1) is 4.92 Å². The monoisotopic (exact) mass is 275 g/mol. The maximum Gasteiger partial charge on any atom is 0.305 e. The van der Waals surface area contributed by atoms with Crippen LogP contribution in [0.1, 0.15) is 25.5 Å². The molecule has 0 radical (unpaired) electrons. The molecule has 1 fully saturated rings. The molecule has 1 aromatic heterocycles. The maximum absolute atomic E-state index is 10.8. The molecule has 1 aromatic rings. The second-order valence-corrected chi connectivity index (χ2v) is 5.12. The van der Waals surface area contributed by atoms with Gasteiger partial charge >= 0.3 is 5.69 Å². The van der Waals surface area contributed by atoms with Crippen LogP contribution in [0, 0.1) is 27.4 Å². The van der Waals surface area contributed by atoms with Gasteiger partial charge in [-0.05, 0) is 24.8 Å². The van der Waals surface area contributed by atoms with E-state index in [4.69, 9.17) is 11.0 Å². The molecule has 7 nitrogen and oxygen atoms in total. The highest BCUT2D eigenvalue weighted by atomic mass is 16.6. The van der Waals surface area contributed by atoms with E-state index in [2.05, 4.69) is 11.9 Å². The lowest BCUT2D eigenvalue weighted by molar-refractivity contribution is -0.385. The van der Waals surface area contributed by atoms with Gasteiger partial charge in [-0.25, -0.2) is 4.98 Å². The second-order valence-electron chi connectivity index (χ2n) is 5.12. The molecule has 2 rings (SSSR count). The first kappa shape index (κ1) is 14.2. The first-order valence-electron chi connectivity index (χ1n) is 6.59. The van der Waals surface area contributed by atoms with Crippen molar-refractivity contribution in [3.8, 4) is 6.07 Å². The molecule has 2 heterocycles. The van der Waals surface area contributed by atoms with Gasteiger partial charge in [-0.15, -0.1) is 0 Å². The minimum atomic E-state index is -0.589. The molecule has 0 bridgehead atoms. The summed E-state index contributed by atoms with van der Waals surface area (Å²) in [5, 5.41) is 19.8. The smallest absolute Gasteiger partial charge is 0.305 e. The topological polar surface area (TPSA) is 109 Å². The molecular weight excluding hydrogens is 258 g/mol. The number of nitrogens with zero attached hydrogens (tertiary/aromatic N) is 4. The highest BCUT2D eigenvalue weighted by molar-refractivity contribution is 5.52.